The lowest BCUT2D eigenvalue weighted by molar-refractivity contribution is 0.0951. The molecule has 3 aromatic rings. The molecule has 0 aliphatic carbocycles. The molecule has 0 saturated heterocycles. The van der Waals surface area contributed by atoms with Gasteiger partial charge >= 0.3 is 0 Å². The van der Waals surface area contributed by atoms with Gasteiger partial charge in [0.05, 0.1) is 0 Å². The van der Waals surface area contributed by atoms with Crippen LogP contribution in [0.4, 0.5) is 5.69 Å². The van der Waals surface area contributed by atoms with E-state index in [2.05, 4.69) is 10.0 Å². The Morgan fingerprint density at radius 1 is 1.00 bits per heavy atom. The van der Waals surface area contributed by atoms with Gasteiger partial charge in [0.1, 0.15) is 4.21 Å². The van der Waals surface area contributed by atoms with Crippen LogP contribution in [0.3, 0.4) is 0 Å². The summed E-state index contributed by atoms with van der Waals surface area (Å²) < 4.78 is 27.1. The Hall–Kier alpha value is -2.64. The molecule has 1 heterocycles. The molecule has 134 valence electrons. The van der Waals surface area contributed by atoms with Gasteiger partial charge < -0.3 is 5.32 Å². The van der Waals surface area contributed by atoms with Gasteiger partial charge in [-0.3, -0.25) is 9.52 Å². The molecule has 0 aliphatic heterocycles. The van der Waals surface area contributed by atoms with Crippen LogP contribution in [0.25, 0.3) is 0 Å². The maximum atomic E-state index is 12.3. The van der Waals surface area contributed by atoms with Crippen LogP contribution in [-0.2, 0) is 16.6 Å². The maximum absolute atomic E-state index is 12.3. The third-order valence-electron chi connectivity index (χ3n) is 3.86. The first kappa shape index (κ1) is 18.2. The van der Waals surface area contributed by atoms with E-state index in [0.717, 1.165) is 22.5 Å². The summed E-state index contributed by atoms with van der Waals surface area (Å²) in [5, 5.41) is 4.58. The minimum absolute atomic E-state index is 0.207. The number of carbonyl (C=O) groups is 1. The fraction of sp³-hybridized carbons (Fsp3) is 0.105. The van der Waals surface area contributed by atoms with Gasteiger partial charge in [-0.1, -0.05) is 30.3 Å². The third-order valence-corrected chi connectivity index (χ3v) is 6.64. The molecule has 0 atom stereocenters. The monoisotopic (exact) mass is 386 g/mol. The Balaban J connectivity index is 1.64. The first-order valence-electron chi connectivity index (χ1n) is 7.95. The van der Waals surface area contributed by atoms with Crippen molar-refractivity contribution in [3.63, 3.8) is 0 Å². The van der Waals surface area contributed by atoms with Crippen molar-refractivity contribution in [2.45, 2.75) is 17.7 Å². The lowest BCUT2D eigenvalue weighted by Gasteiger charge is -2.09. The van der Waals surface area contributed by atoms with Gasteiger partial charge in [-0.15, -0.1) is 11.3 Å². The van der Waals surface area contributed by atoms with Gasteiger partial charge in [-0.2, -0.15) is 0 Å². The largest absolute Gasteiger partial charge is 0.348 e. The van der Waals surface area contributed by atoms with E-state index in [-0.39, 0.29) is 10.1 Å². The molecule has 2 aromatic carbocycles. The zero-order valence-corrected chi connectivity index (χ0v) is 15.7. The number of sulfonamides is 1. The lowest BCUT2D eigenvalue weighted by Crippen LogP contribution is -2.23. The van der Waals surface area contributed by atoms with Gasteiger partial charge in [-0.05, 0) is 53.8 Å². The summed E-state index contributed by atoms with van der Waals surface area (Å²) in [5.74, 6) is -0.207. The number of thiophene rings is 1. The van der Waals surface area contributed by atoms with E-state index >= 15 is 0 Å². The number of nitrogens with one attached hydrogen (secondary N) is 2. The zero-order valence-electron chi connectivity index (χ0n) is 14.1. The maximum Gasteiger partial charge on any atom is 0.271 e. The molecule has 0 radical (unpaired) electrons. The number of benzene rings is 2. The molecule has 3 rings (SSSR count). The zero-order chi connectivity index (χ0) is 18.6. The van der Waals surface area contributed by atoms with Crippen LogP contribution in [0.2, 0.25) is 0 Å². The Labute approximate surface area is 156 Å². The van der Waals surface area contributed by atoms with Gasteiger partial charge in [0, 0.05) is 17.8 Å². The number of aryl methyl sites for hydroxylation is 1. The fourth-order valence-electron chi connectivity index (χ4n) is 2.40. The molecule has 0 saturated carbocycles. The van der Waals surface area contributed by atoms with Crippen molar-refractivity contribution in [2.75, 3.05) is 4.72 Å². The van der Waals surface area contributed by atoms with Gasteiger partial charge in [0.2, 0.25) is 0 Å². The van der Waals surface area contributed by atoms with Crippen LogP contribution in [0.1, 0.15) is 21.5 Å². The summed E-state index contributed by atoms with van der Waals surface area (Å²) >= 11 is 1.15. The second-order valence-corrected chi connectivity index (χ2v) is 8.58. The summed E-state index contributed by atoms with van der Waals surface area (Å²) in [6, 6.07) is 17.4. The van der Waals surface area contributed by atoms with Gasteiger partial charge in [-0.25, -0.2) is 8.42 Å². The minimum Gasteiger partial charge on any atom is -0.348 e. The van der Waals surface area contributed by atoms with Gasteiger partial charge in [0.25, 0.3) is 15.9 Å². The Morgan fingerprint density at radius 2 is 1.73 bits per heavy atom. The van der Waals surface area contributed by atoms with Crippen molar-refractivity contribution in [2.24, 2.45) is 0 Å². The molecule has 5 nitrogen and oxygen atoms in total. The van der Waals surface area contributed by atoms with Crippen molar-refractivity contribution in [3.8, 4) is 0 Å². The van der Waals surface area contributed by atoms with Crippen LogP contribution in [0, 0.1) is 6.92 Å². The molecule has 0 aliphatic rings. The highest BCUT2D eigenvalue weighted by Gasteiger charge is 2.15. The van der Waals surface area contributed by atoms with E-state index in [9.17, 15) is 13.2 Å². The van der Waals surface area contributed by atoms with E-state index in [1.165, 1.54) is 0 Å². The molecular weight excluding hydrogens is 368 g/mol. The molecule has 0 fully saturated rings. The van der Waals surface area contributed by atoms with E-state index < -0.39 is 10.0 Å². The summed E-state index contributed by atoms with van der Waals surface area (Å²) in [6.45, 7) is 2.44. The van der Waals surface area contributed by atoms with E-state index in [4.69, 9.17) is 0 Å². The number of hydrogen-bond donors (Lipinski definition) is 2. The molecule has 0 bridgehead atoms. The smallest absolute Gasteiger partial charge is 0.271 e. The average Bonchev–Trinajstić information content (AvgIpc) is 3.17. The number of amides is 1. The first-order valence-corrected chi connectivity index (χ1v) is 10.3. The Bertz CT molecular complexity index is 996. The van der Waals surface area contributed by atoms with Crippen molar-refractivity contribution in [3.05, 3.63) is 82.7 Å². The summed E-state index contributed by atoms with van der Waals surface area (Å²) in [4.78, 5) is 12.3. The molecule has 2 N–H and O–H groups in total. The third kappa shape index (κ3) is 4.30. The second kappa shape index (κ2) is 7.72. The van der Waals surface area contributed by atoms with Gasteiger partial charge in [0.15, 0.2) is 0 Å². The van der Waals surface area contributed by atoms with E-state index in [0.29, 0.717) is 17.8 Å². The van der Waals surface area contributed by atoms with Crippen molar-refractivity contribution in [1.82, 2.24) is 5.32 Å². The molecule has 0 unspecified atom stereocenters. The molecule has 0 spiro atoms. The average molecular weight is 386 g/mol. The number of hydrogen-bond acceptors (Lipinski definition) is 4. The van der Waals surface area contributed by atoms with Crippen LogP contribution in [0.15, 0.2) is 70.3 Å². The molecule has 7 heteroatoms. The fourth-order valence-corrected chi connectivity index (χ4v) is 4.45. The van der Waals surface area contributed by atoms with E-state index in [1.807, 2.05) is 31.2 Å². The Kier molecular flexibility index (Phi) is 5.39. The molecule has 1 aromatic heterocycles. The van der Waals surface area contributed by atoms with Crippen molar-refractivity contribution >= 4 is 33.0 Å². The van der Waals surface area contributed by atoms with Crippen LogP contribution >= 0.6 is 11.3 Å². The minimum atomic E-state index is -3.59. The second-order valence-electron chi connectivity index (χ2n) is 5.72. The Morgan fingerprint density at radius 3 is 2.38 bits per heavy atom. The van der Waals surface area contributed by atoms with Crippen LogP contribution in [0.5, 0.6) is 0 Å². The van der Waals surface area contributed by atoms with Crippen molar-refractivity contribution in [1.29, 1.82) is 0 Å². The lowest BCUT2D eigenvalue weighted by atomic mass is 10.1. The first-order chi connectivity index (χ1) is 12.5. The van der Waals surface area contributed by atoms with Crippen LogP contribution in [-0.4, -0.2) is 14.3 Å². The highest BCUT2D eigenvalue weighted by Crippen LogP contribution is 2.20. The summed E-state index contributed by atoms with van der Waals surface area (Å²) in [6.07, 6.45) is 0. The summed E-state index contributed by atoms with van der Waals surface area (Å²) in [5.41, 5.74) is 3.05. The van der Waals surface area contributed by atoms with Crippen LogP contribution < -0.4 is 10.0 Å². The number of anilines is 1. The SMILES string of the molecule is Cc1ccccc1CNC(=O)c1ccc(NS(=O)(=O)c2cccs2)cc1. The quantitative estimate of drug-likeness (QED) is 0.677. The standard InChI is InChI=1S/C19H18N2O3S2/c1-14-5-2-3-6-16(14)13-20-19(22)15-8-10-17(11-9-15)21-26(23,24)18-7-4-12-25-18/h2-12,21H,13H2,1H3,(H,20,22). The molecule has 26 heavy (non-hydrogen) atoms. The normalized spacial score (nSPS) is 11.1. The highest BCUT2D eigenvalue weighted by atomic mass is 32.2. The number of carbonyl (C=O) groups excluding carboxylic acids is 1. The molecular formula is C19H18N2O3S2. The topological polar surface area (TPSA) is 75.3 Å². The summed E-state index contributed by atoms with van der Waals surface area (Å²) in [7, 11) is -3.59. The van der Waals surface area contributed by atoms with Crippen molar-refractivity contribution < 1.29 is 13.2 Å². The number of rotatable bonds is 6. The predicted octanol–water partition coefficient (Wildman–Crippen LogP) is 3.79. The predicted molar refractivity (Wildman–Crippen MR) is 104 cm³/mol. The highest BCUT2D eigenvalue weighted by molar-refractivity contribution is 7.94. The van der Waals surface area contributed by atoms with E-state index in [1.54, 1.807) is 41.8 Å². The molecule has 1 amide bonds.